The number of piperidine rings is 1. The van der Waals surface area contributed by atoms with Gasteiger partial charge in [0.15, 0.2) is 0 Å². The van der Waals surface area contributed by atoms with Gasteiger partial charge in [0.2, 0.25) is 5.88 Å². The van der Waals surface area contributed by atoms with Crippen LogP contribution in [0.15, 0.2) is 30.3 Å². The van der Waals surface area contributed by atoms with Crippen molar-refractivity contribution in [3.8, 4) is 5.88 Å². The Kier molecular flexibility index (Phi) is 3.27. The Hall–Kier alpha value is -2.14. The fourth-order valence-electron chi connectivity index (χ4n) is 4.03. The van der Waals surface area contributed by atoms with E-state index in [1.807, 2.05) is 29.2 Å². The summed E-state index contributed by atoms with van der Waals surface area (Å²) in [4.78, 5) is 21.7. The molecule has 5 heteroatoms. The second kappa shape index (κ2) is 5.20. The standard InChI is InChI=1S/C18H21N3O2/c1-20(2)17-13-9-21(10-14(13)17)18(22)12-8-16(23-3)19-15-7-5-4-6-11(12)15/h4-8,13-14,17H,9-10H2,1-3H3/t13-,14+,17?. The molecule has 0 spiro atoms. The molecule has 4 rings (SSSR count). The van der Waals surface area contributed by atoms with E-state index in [1.54, 1.807) is 13.2 Å². The van der Waals surface area contributed by atoms with Gasteiger partial charge in [0, 0.05) is 30.6 Å². The normalized spacial score (nSPS) is 25.7. The minimum atomic E-state index is 0.0895. The van der Waals surface area contributed by atoms with Crippen LogP contribution < -0.4 is 4.74 Å². The smallest absolute Gasteiger partial charge is 0.254 e. The fourth-order valence-corrected chi connectivity index (χ4v) is 4.03. The van der Waals surface area contributed by atoms with Crippen molar-refractivity contribution in [3.05, 3.63) is 35.9 Å². The fraction of sp³-hybridized carbons (Fsp3) is 0.444. The molecule has 2 fully saturated rings. The molecule has 1 amide bonds. The third kappa shape index (κ3) is 2.27. The number of benzene rings is 1. The second-order valence-corrected chi connectivity index (χ2v) is 6.72. The van der Waals surface area contributed by atoms with Gasteiger partial charge < -0.3 is 14.5 Å². The van der Waals surface area contributed by atoms with Crippen molar-refractivity contribution in [2.45, 2.75) is 6.04 Å². The topological polar surface area (TPSA) is 45.7 Å². The molecule has 120 valence electrons. The Balaban J connectivity index is 1.64. The van der Waals surface area contributed by atoms with Crippen LogP contribution in [0.25, 0.3) is 10.9 Å². The first-order valence-electron chi connectivity index (χ1n) is 7.99. The Morgan fingerprint density at radius 2 is 1.96 bits per heavy atom. The molecule has 0 bridgehead atoms. The molecule has 3 atom stereocenters. The molecule has 2 heterocycles. The van der Waals surface area contributed by atoms with Crippen LogP contribution >= 0.6 is 0 Å². The molecule has 1 saturated carbocycles. The molecule has 1 saturated heterocycles. The summed E-state index contributed by atoms with van der Waals surface area (Å²) < 4.78 is 5.27. The first-order valence-corrected chi connectivity index (χ1v) is 7.99. The summed E-state index contributed by atoms with van der Waals surface area (Å²) in [6.07, 6.45) is 0. The molecule has 2 aliphatic rings. The average Bonchev–Trinajstić information content (AvgIpc) is 3.08. The van der Waals surface area contributed by atoms with Crippen LogP contribution in [0.2, 0.25) is 0 Å². The molecule has 23 heavy (non-hydrogen) atoms. The SMILES string of the molecule is COc1cc(C(=O)N2C[C@@H]3C(N(C)C)[C@@H]3C2)c2ccccc2n1. The lowest BCUT2D eigenvalue weighted by atomic mass is 10.1. The van der Waals surface area contributed by atoms with E-state index < -0.39 is 0 Å². The Bertz CT molecular complexity index is 762. The van der Waals surface area contributed by atoms with Crippen LogP contribution in [0.3, 0.4) is 0 Å². The highest BCUT2D eigenvalue weighted by Crippen LogP contribution is 2.48. The average molecular weight is 311 g/mol. The van der Waals surface area contributed by atoms with E-state index in [2.05, 4.69) is 24.0 Å². The molecule has 0 radical (unpaired) electrons. The van der Waals surface area contributed by atoms with Crippen molar-refractivity contribution in [1.29, 1.82) is 0 Å². The summed E-state index contributed by atoms with van der Waals surface area (Å²) in [5.74, 6) is 1.84. The van der Waals surface area contributed by atoms with Gasteiger partial charge in [-0.05, 0) is 32.0 Å². The van der Waals surface area contributed by atoms with Gasteiger partial charge in [-0.2, -0.15) is 0 Å². The van der Waals surface area contributed by atoms with Crippen molar-refractivity contribution in [2.75, 3.05) is 34.3 Å². The van der Waals surface area contributed by atoms with E-state index in [1.165, 1.54) is 0 Å². The van der Waals surface area contributed by atoms with E-state index in [4.69, 9.17) is 4.74 Å². The zero-order valence-electron chi connectivity index (χ0n) is 13.7. The number of carbonyl (C=O) groups is 1. The highest BCUT2D eigenvalue weighted by Gasteiger charge is 2.57. The largest absolute Gasteiger partial charge is 0.481 e. The number of ether oxygens (including phenoxy) is 1. The second-order valence-electron chi connectivity index (χ2n) is 6.72. The number of nitrogens with zero attached hydrogens (tertiary/aromatic N) is 3. The number of para-hydroxylation sites is 1. The van der Waals surface area contributed by atoms with E-state index >= 15 is 0 Å². The van der Waals surface area contributed by atoms with Gasteiger partial charge in [-0.1, -0.05) is 18.2 Å². The van der Waals surface area contributed by atoms with Crippen molar-refractivity contribution in [2.24, 2.45) is 11.8 Å². The van der Waals surface area contributed by atoms with Gasteiger partial charge in [-0.15, -0.1) is 0 Å². The van der Waals surface area contributed by atoms with Gasteiger partial charge in [-0.3, -0.25) is 4.79 Å². The predicted octanol–water partition coefficient (Wildman–Crippen LogP) is 1.88. The van der Waals surface area contributed by atoms with Crippen molar-refractivity contribution < 1.29 is 9.53 Å². The molecule has 1 aromatic heterocycles. The summed E-state index contributed by atoms with van der Waals surface area (Å²) in [6.45, 7) is 1.70. The molecule has 5 nitrogen and oxygen atoms in total. The van der Waals surface area contributed by atoms with Crippen LogP contribution in [0.5, 0.6) is 5.88 Å². The summed E-state index contributed by atoms with van der Waals surface area (Å²) in [5.41, 5.74) is 1.49. The number of aromatic nitrogens is 1. The summed E-state index contributed by atoms with van der Waals surface area (Å²) >= 11 is 0. The van der Waals surface area contributed by atoms with Crippen LogP contribution in [0, 0.1) is 11.8 Å². The summed E-state index contributed by atoms with van der Waals surface area (Å²) in [5, 5.41) is 0.892. The number of likely N-dealkylation sites (tertiary alicyclic amines) is 1. The maximum Gasteiger partial charge on any atom is 0.254 e. The molecule has 2 aromatic rings. The zero-order valence-corrected chi connectivity index (χ0v) is 13.7. The van der Waals surface area contributed by atoms with Gasteiger partial charge in [0.1, 0.15) is 0 Å². The molecule has 1 aliphatic carbocycles. The van der Waals surface area contributed by atoms with Crippen molar-refractivity contribution in [1.82, 2.24) is 14.8 Å². The first kappa shape index (κ1) is 14.5. The molecule has 1 aliphatic heterocycles. The minimum absolute atomic E-state index is 0.0895. The third-order valence-electron chi connectivity index (χ3n) is 5.16. The quantitative estimate of drug-likeness (QED) is 0.868. The molecular formula is C18H21N3O2. The number of methoxy groups -OCH3 is 1. The lowest BCUT2D eigenvalue weighted by Gasteiger charge is -2.23. The van der Waals surface area contributed by atoms with Crippen molar-refractivity contribution in [3.63, 3.8) is 0 Å². The van der Waals surface area contributed by atoms with Crippen LogP contribution in [0.1, 0.15) is 10.4 Å². The number of carbonyl (C=O) groups excluding carboxylic acids is 1. The van der Waals surface area contributed by atoms with Crippen molar-refractivity contribution >= 4 is 16.8 Å². The maximum absolute atomic E-state index is 13.0. The van der Waals surface area contributed by atoms with Gasteiger partial charge in [-0.25, -0.2) is 4.98 Å². The number of fused-ring (bicyclic) bond motifs is 2. The molecule has 1 unspecified atom stereocenters. The minimum Gasteiger partial charge on any atom is -0.481 e. The number of amides is 1. The lowest BCUT2D eigenvalue weighted by molar-refractivity contribution is 0.0764. The van der Waals surface area contributed by atoms with Crippen LogP contribution in [0.4, 0.5) is 0 Å². The molecule has 1 aromatic carbocycles. The number of hydrogen-bond acceptors (Lipinski definition) is 4. The Morgan fingerprint density at radius 3 is 2.61 bits per heavy atom. The predicted molar refractivity (Wildman–Crippen MR) is 88.7 cm³/mol. The van der Waals surface area contributed by atoms with Gasteiger partial charge >= 0.3 is 0 Å². The maximum atomic E-state index is 13.0. The zero-order chi connectivity index (χ0) is 16.1. The molecular weight excluding hydrogens is 290 g/mol. The van der Waals surface area contributed by atoms with E-state index in [0.717, 1.165) is 24.0 Å². The van der Waals surface area contributed by atoms with E-state index in [-0.39, 0.29) is 5.91 Å². The number of pyridine rings is 1. The number of hydrogen-bond donors (Lipinski definition) is 0. The Morgan fingerprint density at radius 1 is 1.26 bits per heavy atom. The molecule has 0 N–H and O–H groups in total. The van der Waals surface area contributed by atoms with E-state index in [9.17, 15) is 4.79 Å². The van der Waals surface area contributed by atoms with Gasteiger partial charge in [0.05, 0.1) is 18.2 Å². The third-order valence-corrected chi connectivity index (χ3v) is 5.16. The highest BCUT2D eigenvalue weighted by atomic mass is 16.5. The number of rotatable bonds is 3. The summed E-state index contributed by atoms with van der Waals surface area (Å²) in [6, 6.07) is 10.1. The van der Waals surface area contributed by atoms with Crippen LogP contribution in [-0.4, -0.2) is 61.0 Å². The van der Waals surface area contributed by atoms with Crippen LogP contribution in [-0.2, 0) is 0 Å². The first-order chi connectivity index (χ1) is 11.1. The highest BCUT2D eigenvalue weighted by molar-refractivity contribution is 6.06. The lowest BCUT2D eigenvalue weighted by Crippen LogP contribution is -2.35. The van der Waals surface area contributed by atoms with Gasteiger partial charge in [0.25, 0.3) is 5.91 Å². The Labute approximate surface area is 135 Å². The summed E-state index contributed by atoms with van der Waals surface area (Å²) in [7, 11) is 5.82. The monoisotopic (exact) mass is 311 g/mol. The van der Waals surface area contributed by atoms with E-state index in [0.29, 0.717) is 29.3 Å².